The molecule has 3 heteroatoms. The molecule has 0 N–H and O–H groups in total. The number of hydrogen-bond donors (Lipinski definition) is 0. The summed E-state index contributed by atoms with van der Waals surface area (Å²) in [7, 11) is 0. The van der Waals surface area contributed by atoms with Crippen LogP contribution in [0.3, 0.4) is 0 Å². The fourth-order valence-corrected chi connectivity index (χ4v) is 2.78. The van der Waals surface area contributed by atoms with Crippen molar-refractivity contribution in [1.82, 2.24) is 5.06 Å². The molecule has 0 aromatic heterocycles. The van der Waals surface area contributed by atoms with E-state index in [1.54, 1.807) is 0 Å². The summed E-state index contributed by atoms with van der Waals surface area (Å²) >= 11 is 3.45. The van der Waals surface area contributed by atoms with E-state index in [0.29, 0.717) is 6.04 Å². The van der Waals surface area contributed by atoms with Crippen molar-refractivity contribution in [2.24, 2.45) is 0 Å². The molecular weight excluding hydrogens is 254 g/mol. The minimum absolute atomic E-state index is 0.281. The molecule has 0 bridgehead atoms. The van der Waals surface area contributed by atoms with Crippen molar-refractivity contribution in [3.63, 3.8) is 0 Å². The normalized spacial score (nSPS) is 30.7. The Morgan fingerprint density at radius 2 is 2.07 bits per heavy atom. The molecule has 2 saturated heterocycles. The van der Waals surface area contributed by atoms with Crippen LogP contribution in [0, 0.1) is 0 Å². The lowest BCUT2D eigenvalue weighted by Crippen LogP contribution is -2.20. The maximum absolute atomic E-state index is 5.93. The molecular formula is C12H14BrNO. The second kappa shape index (κ2) is 3.89. The molecule has 1 aromatic carbocycles. The summed E-state index contributed by atoms with van der Waals surface area (Å²) in [4.78, 5) is 5.93. The molecule has 15 heavy (non-hydrogen) atoms. The average Bonchev–Trinajstić information content (AvgIpc) is 2.78. The molecule has 0 amide bonds. The van der Waals surface area contributed by atoms with Crippen molar-refractivity contribution < 1.29 is 4.84 Å². The summed E-state index contributed by atoms with van der Waals surface area (Å²) in [5.74, 6) is 0. The average molecular weight is 268 g/mol. The molecule has 80 valence electrons. The number of nitrogens with zero attached hydrogens (tertiary/aromatic N) is 1. The van der Waals surface area contributed by atoms with Crippen LogP contribution in [0.25, 0.3) is 0 Å². The Bertz CT molecular complexity index is 339. The molecule has 3 rings (SSSR count). The van der Waals surface area contributed by atoms with Crippen LogP contribution in [0.15, 0.2) is 28.7 Å². The lowest BCUT2D eigenvalue weighted by Gasteiger charge is -2.14. The summed E-state index contributed by atoms with van der Waals surface area (Å²) in [5, 5.41) is 2.17. The van der Waals surface area contributed by atoms with E-state index in [1.807, 2.05) is 0 Å². The summed E-state index contributed by atoms with van der Waals surface area (Å²) < 4.78 is 1.13. The first kappa shape index (κ1) is 9.82. The molecule has 2 aliphatic rings. The van der Waals surface area contributed by atoms with E-state index in [4.69, 9.17) is 4.84 Å². The summed E-state index contributed by atoms with van der Waals surface area (Å²) in [5.41, 5.74) is 1.30. The number of fused-ring (bicyclic) bond motifs is 1. The number of halogens is 1. The third-order valence-corrected chi connectivity index (χ3v) is 3.84. The van der Waals surface area contributed by atoms with Gasteiger partial charge in [0.25, 0.3) is 0 Å². The van der Waals surface area contributed by atoms with E-state index >= 15 is 0 Å². The summed E-state index contributed by atoms with van der Waals surface area (Å²) in [6, 6.07) is 9.14. The highest BCUT2D eigenvalue weighted by Crippen LogP contribution is 2.38. The third-order valence-electron chi connectivity index (χ3n) is 3.31. The van der Waals surface area contributed by atoms with E-state index < -0.39 is 0 Å². The zero-order chi connectivity index (χ0) is 10.3. The van der Waals surface area contributed by atoms with Crippen molar-refractivity contribution in [3.05, 3.63) is 34.3 Å². The second-order valence-electron chi connectivity index (χ2n) is 4.32. The second-order valence-corrected chi connectivity index (χ2v) is 5.23. The Morgan fingerprint density at radius 3 is 2.80 bits per heavy atom. The molecule has 1 aromatic rings. The predicted octanol–water partition coefficient (Wildman–Crippen LogP) is 3.29. The van der Waals surface area contributed by atoms with Crippen LogP contribution in [-0.4, -0.2) is 17.6 Å². The Labute approximate surface area is 98.3 Å². The highest BCUT2D eigenvalue weighted by atomic mass is 79.9. The first-order valence-corrected chi connectivity index (χ1v) is 6.31. The van der Waals surface area contributed by atoms with Gasteiger partial charge in [0.15, 0.2) is 0 Å². The SMILES string of the molecule is Brc1ccc(C2CC3CCCN3O2)cc1. The van der Waals surface area contributed by atoms with Crippen LogP contribution in [0.1, 0.15) is 30.9 Å². The Balaban J connectivity index is 1.76. The van der Waals surface area contributed by atoms with Gasteiger partial charge < -0.3 is 0 Å². The Kier molecular flexibility index (Phi) is 2.54. The lowest BCUT2D eigenvalue weighted by molar-refractivity contribution is -0.149. The van der Waals surface area contributed by atoms with Gasteiger partial charge in [-0.25, -0.2) is 0 Å². The summed E-state index contributed by atoms with van der Waals surface area (Å²) in [6.45, 7) is 1.11. The van der Waals surface area contributed by atoms with E-state index in [2.05, 4.69) is 45.3 Å². The lowest BCUT2D eigenvalue weighted by atomic mass is 10.0. The van der Waals surface area contributed by atoms with Crippen molar-refractivity contribution >= 4 is 15.9 Å². The standard InChI is InChI=1S/C12H14BrNO/c13-10-5-3-9(4-6-10)12-8-11-2-1-7-14(11)15-12/h3-6,11-12H,1-2,7-8H2. The first-order valence-electron chi connectivity index (χ1n) is 5.52. The molecule has 0 aliphatic carbocycles. The maximum Gasteiger partial charge on any atom is 0.106 e. The Hall–Kier alpha value is -0.380. The van der Waals surface area contributed by atoms with Gasteiger partial charge in [-0.15, -0.1) is 0 Å². The predicted molar refractivity (Wildman–Crippen MR) is 62.3 cm³/mol. The maximum atomic E-state index is 5.93. The Morgan fingerprint density at radius 1 is 1.27 bits per heavy atom. The number of rotatable bonds is 1. The van der Waals surface area contributed by atoms with Crippen LogP contribution >= 0.6 is 15.9 Å². The largest absolute Gasteiger partial charge is 0.291 e. The topological polar surface area (TPSA) is 12.5 Å². The van der Waals surface area contributed by atoms with Gasteiger partial charge >= 0.3 is 0 Å². The molecule has 0 radical (unpaired) electrons. The third kappa shape index (κ3) is 1.84. The minimum atomic E-state index is 0.281. The first-order chi connectivity index (χ1) is 7.33. The van der Waals surface area contributed by atoms with Gasteiger partial charge in [0, 0.05) is 17.1 Å². The quantitative estimate of drug-likeness (QED) is 0.775. The molecule has 2 nitrogen and oxygen atoms in total. The zero-order valence-corrected chi connectivity index (χ0v) is 10.1. The minimum Gasteiger partial charge on any atom is -0.291 e. The molecule has 2 unspecified atom stereocenters. The zero-order valence-electron chi connectivity index (χ0n) is 8.53. The van der Waals surface area contributed by atoms with Crippen molar-refractivity contribution in [2.75, 3.05) is 6.54 Å². The van der Waals surface area contributed by atoms with Gasteiger partial charge in [-0.1, -0.05) is 28.1 Å². The van der Waals surface area contributed by atoms with Crippen molar-refractivity contribution in [2.45, 2.75) is 31.4 Å². The van der Waals surface area contributed by atoms with Gasteiger partial charge in [-0.05, 0) is 37.0 Å². The monoisotopic (exact) mass is 267 g/mol. The van der Waals surface area contributed by atoms with Gasteiger partial charge in [0.05, 0.1) is 0 Å². The molecule has 0 spiro atoms. The van der Waals surface area contributed by atoms with Gasteiger partial charge in [0.2, 0.25) is 0 Å². The van der Waals surface area contributed by atoms with E-state index in [0.717, 1.165) is 17.4 Å². The smallest absolute Gasteiger partial charge is 0.106 e. The number of benzene rings is 1. The van der Waals surface area contributed by atoms with E-state index in [1.165, 1.54) is 18.4 Å². The van der Waals surface area contributed by atoms with E-state index in [9.17, 15) is 0 Å². The van der Waals surface area contributed by atoms with Gasteiger partial charge in [0.1, 0.15) is 6.10 Å². The molecule has 2 heterocycles. The van der Waals surface area contributed by atoms with Gasteiger partial charge in [-0.2, -0.15) is 5.06 Å². The van der Waals surface area contributed by atoms with Crippen LogP contribution in [0.5, 0.6) is 0 Å². The number of hydrogen-bond acceptors (Lipinski definition) is 2. The van der Waals surface area contributed by atoms with Crippen LogP contribution in [0.2, 0.25) is 0 Å². The molecule has 2 atom stereocenters. The highest BCUT2D eigenvalue weighted by Gasteiger charge is 2.37. The summed E-state index contributed by atoms with van der Waals surface area (Å²) in [6.07, 6.45) is 4.02. The fourth-order valence-electron chi connectivity index (χ4n) is 2.51. The fraction of sp³-hybridized carbons (Fsp3) is 0.500. The molecule has 0 saturated carbocycles. The van der Waals surface area contributed by atoms with Crippen molar-refractivity contribution in [3.8, 4) is 0 Å². The molecule has 2 fully saturated rings. The highest BCUT2D eigenvalue weighted by molar-refractivity contribution is 9.10. The van der Waals surface area contributed by atoms with Gasteiger partial charge in [-0.3, -0.25) is 4.84 Å². The van der Waals surface area contributed by atoms with Crippen LogP contribution in [0.4, 0.5) is 0 Å². The molecule has 2 aliphatic heterocycles. The van der Waals surface area contributed by atoms with Crippen LogP contribution in [-0.2, 0) is 4.84 Å². The number of hydroxylamine groups is 2. The van der Waals surface area contributed by atoms with E-state index in [-0.39, 0.29) is 6.10 Å². The van der Waals surface area contributed by atoms with Crippen molar-refractivity contribution in [1.29, 1.82) is 0 Å². The van der Waals surface area contributed by atoms with Crippen LogP contribution < -0.4 is 0 Å².